The summed E-state index contributed by atoms with van der Waals surface area (Å²) >= 11 is 1.39. The second-order valence-corrected chi connectivity index (χ2v) is 5.53. The Bertz CT molecular complexity index is 806. The largest absolute Gasteiger partial charge is 0.478 e. The summed E-state index contributed by atoms with van der Waals surface area (Å²) in [7, 11) is 0. The molecule has 5 nitrogen and oxygen atoms in total. The summed E-state index contributed by atoms with van der Waals surface area (Å²) < 4.78 is 1.80. The number of carboxylic acids is 1. The zero-order chi connectivity index (χ0) is 15.0. The van der Waals surface area contributed by atoms with Gasteiger partial charge in [0.2, 0.25) is 0 Å². The van der Waals surface area contributed by atoms with Gasteiger partial charge in [-0.25, -0.2) is 4.79 Å². The van der Waals surface area contributed by atoms with Crippen molar-refractivity contribution in [2.75, 3.05) is 0 Å². The third-order valence-electron chi connectivity index (χ3n) is 3.23. The molecule has 2 aromatic heterocycles. The highest BCUT2D eigenvalue weighted by Crippen LogP contribution is 2.31. The molecule has 0 radical (unpaired) electrons. The summed E-state index contributed by atoms with van der Waals surface area (Å²) in [6.07, 6.45) is 0. The summed E-state index contributed by atoms with van der Waals surface area (Å²) in [5, 5.41) is 20.2. The molecule has 0 saturated heterocycles. The van der Waals surface area contributed by atoms with E-state index in [9.17, 15) is 9.90 Å². The number of hydrogen-bond donors (Lipinski definition) is 1. The van der Waals surface area contributed by atoms with Crippen molar-refractivity contribution in [3.8, 4) is 16.4 Å². The van der Waals surface area contributed by atoms with E-state index in [1.54, 1.807) is 11.5 Å². The Balaban J connectivity index is 2.25. The van der Waals surface area contributed by atoms with E-state index in [1.807, 2.05) is 42.6 Å². The second-order valence-electron chi connectivity index (χ2n) is 4.68. The minimum Gasteiger partial charge on any atom is -0.478 e. The van der Waals surface area contributed by atoms with Crippen LogP contribution in [0.2, 0.25) is 0 Å². The number of aromatic carboxylic acids is 1. The van der Waals surface area contributed by atoms with Crippen LogP contribution in [0.4, 0.5) is 0 Å². The monoisotopic (exact) mass is 299 g/mol. The van der Waals surface area contributed by atoms with E-state index in [1.165, 1.54) is 11.3 Å². The number of carboxylic acid groups (broad SMARTS) is 1. The molecule has 0 amide bonds. The molecule has 0 aliphatic carbocycles. The Hall–Kier alpha value is -2.47. The van der Waals surface area contributed by atoms with Gasteiger partial charge < -0.3 is 5.11 Å². The molecule has 2 heterocycles. The van der Waals surface area contributed by atoms with Crippen molar-refractivity contribution in [3.05, 3.63) is 52.7 Å². The number of rotatable bonds is 3. The molecule has 0 atom stereocenters. The van der Waals surface area contributed by atoms with Gasteiger partial charge in [-0.05, 0) is 24.8 Å². The number of aromatic nitrogens is 3. The lowest BCUT2D eigenvalue weighted by atomic mass is 10.2. The lowest BCUT2D eigenvalue weighted by Crippen LogP contribution is -2.06. The van der Waals surface area contributed by atoms with E-state index in [0.29, 0.717) is 22.2 Å². The third-order valence-corrected chi connectivity index (χ3v) is 4.31. The Morgan fingerprint density at radius 2 is 1.90 bits per heavy atom. The van der Waals surface area contributed by atoms with Crippen LogP contribution in [0.3, 0.4) is 0 Å². The van der Waals surface area contributed by atoms with Crippen LogP contribution in [-0.2, 0) is 0 Å². The predicted molar refractivity (Wildman–Crippen MR) is 81.1 cm³/mol. The minimum absolute atomic E-state index is 0.306. The van der Waals surface area contributed by atoms with Gasteiger partial charge in [-0.3, -0.25) is 4.57 Å². The molecule has 3 aromatic rings. The van der Waals surface area contributed by atoms with Crippen LogP contribution in [0.5, 0.6) is 0 Å². The van der Waals surface area contributed by atoms with Crippen LogP contribution >= 0.6 is 11.3 Å². The number of hydrogen-bond acceptors (Lipinski definition) is 4. The zero-order valence-electron chi connectivity index (χ0n) is 11.6. The molecule has 3 rings (SSSR count). The van der Waals surface area contributed by atoms with Crippen LogP contribution in [0.15, 0.2) is 35.7 Å². The molecule has 0 fully saturated rings. The molecular formula is C15H13N3O2S. The van der Waals surface area contributed by atoms with Crippen molar-refractivity contribution >= 4 is 17.3 Å². The molecule has 0 saturated carbocycles. The number of benzene rings is 1. The maximum atomic E-state index is 11.5. The summed E-state index contributed by atoms with van der Waals surface area (Å²) in [4.78, 5) is 11.5. The van der Waals surface area contributed by atoms with Crippen LogP contribution < -0.4 is 0 Å². The first-order valence-electron chi connectivity index (χ1n) is 6.38. The lowest BCUT2D eigenvalue weighted by Gasteiger charge is -2.08. The van der Waals surface area contributed by atoms with Crippen LogP contribution in [0, 0.1) is 13.8 Å². The van der Waals surface area contributed by atoms with Crippen molar-refractivity contribution < 1.29 is 9.90 Å². The van der Waals surface area contributed by atoms with E-state index in [-0.39, 0.29) is 0 Å². The van der Waals surface area contributed by atoms with Gasteiger partial charge in [0.1, 0.15) is 10.8 Å². The van der Waals surface area contributed by atoms with Gasteiger partial charge in [-0.2, -0.15) is 0 Å². The van der Waals surface area contributed by atoms with Crippen LogP contribution in [-0.4, -0.2) is 25.8 Å². The van der Waals surface area contributed by atoms with Crippen LogP contribution in [0.1, 0.15) is 21.7 Å². The normalized spacial score (nSPS) is 10.8. The van der Waals surface area contributed by atoms with E-state index in [4.69, 9.17) is 0 Å². The highest BCUT2D eigenvalue weighted by molar-refractivity contribution is 7.13. The molecular weight excluding hydrogens is 286 g/mol. The van der Waals surface area contributed by atoms with Crippen molar-refractivity contribution in [2.24, 2.45) is 0 Å². The summed E-state index contributed by atoms with van der Waals surface area (Å²) in [6, 6.07) is 9.62. The fourth-order valence-electron chi connectivity index (χ4n) is 2.24. The van der Waals surface area contributed by atoms with E-state index in [2.05, 4.69) is 10.2 Å². The standard InChI is InChI=1S/C15H13N3O2S/c1-9-8-21-14(12(9)15(19)20)18-10(2)16-17-13(18)11-6-4-3-5-7-11/h3-8H,1-2H3,(H,19,20). The van der Waals surface area contributed by atoms with Crippen molar-refractivity contribution in [2.45, 2.75) is 13.8 Å². The average molecular weight is 299 g/mol. The molecule has 21 heavy (non-hydrogen) atoms. The maximum absolute atomic E-state index is 11.5. The number of aryl methyl sites for hydroxylation is 2. The summed E-state index contributed by atoms with van der Waals surface area (Å²) in [5.41, 5.74) is 1.95. The van der Waals surface area contributed by atoms with Crippen LogP contribution in [0.25, 0.3) is 16.4 Å². The molecule has 0 unspecified atom stereocenters. The van der Waals surface area contributed by atoms with Gasteiger partial charge >= 0.3 is 5.97 Å². The topological polar surface area (TPSA) is 68.0 Å². The van der Waals surface area contributed by atoms with Crippen molar-refractivity contribution in [1.29, 1.82) is 0 Å². The Morgan fingerprint density at radius 1 is 1.19 bits per heavy atom. The molecule has 1 N–H and O–H groups in total. The summed E-state index contributed by atoms with van der Waals surface area (Å²) in [6.45, 7) is 3.62. The zero-order valence-corrected chi connectivity index (χ0v) is 12.4. The first-order valence-corrected chi connectivity index (χ1v) is 7.26. The smallest absolute Gasteiger partial charge is 0.339 e. The highest BCUT2D eigenvalue weighted by Gasteiger charge is 2.22. The Kier molecular flexibility index (Phi) is 3.31. The maximum Gasteiger partial charge on any atom is 0.339 e. The van der Waals surface area contributed by atoms with Crippen molar-refractivity contribution in [1.82, 2.24) is 14.8 Å². The number of nitrogens with zero attached hydrogens (tertiary/aromatic N) is 3. The van der Waals surface area contributed by atoms with Gasteiger partial charge in [0.05, 0.1) is 5.56 Å². The molecule has 106 valence electrons. The quantitative estimate of drug-likeness (QED) is 0.805. The Morgan fingerprint density at radius 3 is 2.57 bits per heavy atom. The number of carbonyl (C=O) groups is 1. The minimum atomic E-state index is -0.934. The van der Waals surface area contributed by atoms with E-state index >= 15 is 0 Å². The molecule has 0 spiro atoms. The van der Waals surface area contributed by atoms with Gasteiger partial charge in [0.15, 0.2) is 5.82 Å². The molecule has 6 heteroatoms. The van der Waals surface area contributed by atoms with Gasteiger partial charge in [-0.15, -0.1) is 21.5 Å². The second kappa shape index (κ2) is 5.14. The highest BCUT2D eigenvalue weighted by atomic mass is 32.1. The van der Waals surface area contributed by atoms with Gasteiger partial charge in [0.25, 0.3) is 0 Å². The first kappa shape index (κ1) is 13.5. The van der Waals surface area contributed by atoms with Gasteiger partial charge in [-0.1, -0.05) is 30.3 Å². The number of thiophene rings is 1. The molecule has 1 aromatic carbocycles. The van der Waals surface area contributed by atoms with Crippen molar-refractivity contribution in [3.63, 3.8) is 0 Å². The molecule has 0 aliphatic heterocycles. The van der Waals surface area contributed by atoms with Gasteiger partial charge in [0, 0.05) is 5.56 Å². The van der Waals surface area contributed by atoms with E-state index in [0.717, 1.165) is 11.1 Å². The predicted octanol–water partition coefficient (Wildman–Crippen LogP) is 3.31. The SMILES string of the molecule is Cc1csc(-n2c(C)nnc2-c2ccccc2)c1C(=O)O. The third kappa shape index (κ3) is 2.23. The fourth-order valence-corrected chi connectivity index (χ4v) is 3.33. The average Bonchev–Trinajstić information content (AvgIpc) is 3.02. The Labute approximate surface area is 125 Å². The molecule has 0 aliphatic rings. The van der Waals surface area contributed by atoms with E-state index < -0.39 is 5.97 Å². The molecule has 0 bridgehead atoms. The fraction of sp³-hybridized carbons (Fsp3) is 0.133. The summed E-state index contributed by atoms with van der Waals surface area (Å²) in [5.74, 6) is 0.381. The lowest BCUT2D eigenvalue weighted by molar-refractivity contribution is 0.0697. The first-order chi connectivity index (χ1) is 10.1.